The maximum Gasteiger partial charge on any atom is 0.270 e. The molecule has 0 spiro atoms. The molecule has 1 aliphatic rings. The van der Waals surface area contributed by atoms with Gasteiger partial charge in [-0.05, 0) is 38.7 Å². The van der Waals surface area contributed by atoms with Crippen LogP contribution in [0, 0.1) is 16.0 Å². The third-order valence-corrected chi connectivity index (χ3v) is 7.12. The Morgan fingerprint density at radius 3 is 2.30 bits per heavy atom. The second-order valence-corrected chi connectivity index (χ2v) is 8.50. The average molecular weight is 397 g/mol. The number of aryl methyl sites for hydroxylation is 1. The quantitative estimate of drug-likeness (QED) is 0.519. The number of amides is 1. The fraction of sp³-hybridized carbons (Fsp3) is 0.611. The van der Waals surface area contributed by atoms with E-state index in [4.69, 9.17) is 0 Å². The molecule has 0 aliphatic carbocycles. The van der Waals surface area contributed by atoms with Gasteiger partial charge in [0, 0.05) is 44.2 Å². The lowest BCUT2D eigenvalue weighted by Crippen LogP contribution is -2.44. The number of nitro benzene ring substituents is 1. The summed E-state index contributed by atoms with van der Waals surface area (Å²) >= 11 is 0. The summed E-state index contributed by atoms with van der Waals surface area (Å²) in [4.78, 5) is 24.7. The van der Waals surface area contributed by atoms with Crippen molar-refractivity contribution < 1.29 is 18.1 Å². The molecular formula is C18H27N3O5S. The molecule has 27 heavy (non-hydrogen) atoms. The van der Waals surface area contributed by atoms with Gasteiger partial charge in [-0.2, -0.15) is 4.31 Å². The number of sulfonamides is 1. The molecule has 0 bridgehead atoms. The van der Waals surface area contributed by atoms with Crippen LogP contribution in [0.5, 0.6) is 0 Å². The number of hydrogen-bond acceptors (Lipinski definition) is 5. The van der Waals surface area contributed by atoms with E-state index in [9.17, 15) is 23.3 Å². The highest BCUT2D eigenvalue weighted by Crippen LogP contribution is 2.29. The monoisotopic (exact) mass is 397 g/mol. The van der Waals surface area contributed by atoms with E-state index in [2.05, 4.69) is 0 Å². The number of nitrogens with zero attached hydrogens (tertiary/aromatic N) is 3. The lowest BCUT2D eigenvalue weighted by atomic mass is 9.96. The molecule has 0 atom stereocenters. The Morgan fingerprint density at radius 1 is 1.22 bits per heavy atom. The van der Waals surface area contributed by atoms with Crippen LogP contribution in [0.2, 0.25) is 0 Å². The van der Waals surface area contributed by atoms with E-state index in [1.807, 2.05) is 20.8 Å². The van der Waals surface area contributed by atoms with Crippen molar-refractivity contribution in [3.05, 3.63) is 33.9 Å². The Morgan fingerprint density at radius 2 is 1.81 bits per heavy atom. The van der Waals surface area contributed by atoms with Gasteiger partial charge >= 0.3 is 0 Å². The zero-order valence-electron chi connectivity index (χ0n) is 16.1. The van der Waals surface area contributed by atoms with Gasteiger partial charge in [0.15, 0.2) is 0 Å². The van der Waals surface area contributed by atoms with Crippen molar-refractivity contribution in [3.8, 4) is 0 Å². The number of non-ortho nitro benzene ring substituents is 1. The number of benzene rings is 1. The predicted octanol–water partition coefficient (Wildman–Crippen LogP) is 2.43. The van der Waals surface area contributed by atoms with Gasteiger partial charge in [0.1, 0.15) is 0 Å². The fourth-order valence-electron chi connectivity index (χ4n) is 3.46. The number of rotatable bonds is 7. The molecular weight excluding hydrogens is 370 g/mol. The molecule has 8 nitrogen and oxygen atoms in total. The van der Waals surface area contributed by atoms with E-state index >= 15 is 0 Å². The zero-order valence-corrected chi connectivity index (χ0v) is 16.9. The van der Waals surface area contributed by atoms with Gasteiger partial charge in [-0.25, -0.2) is 8.42 Å². The minimum Gasteiger partial charge on any atom is -0.343 e. The molecule has 1 aromatic rings. The van der Waals surface area contributed by atoms with Gasteiger partial charge in [0.2, 0.25) is 15.9 Å². The lowest BCUT2D eigenvalue weighted by Gasteiger charge is -2.33. The van der Waals surface area contributed by atoms with Crippen LogP contribution in [-0.4, -0.2) is 54.6 Å². The Bertz CT molecular complexity index is 797. The van der Waals surface area contributed by atoms with Gasteiger partial charge < -0.3 is 4.90 Å². The van der Waals surface area contributed by atoms with E-state index in [1.165, 1.54) is 16.4 Å². The summed E-state index contributed by atoms with van der Waals surface area (Å²) in [7, 11) is -3.84. The van der Waals surface area contributed by atoms with E-state index in [0.29, 0.717) is 37.9 Å². The van der Waals surface area contributed by atoms with Crippen LogP contribution in [0.1, 0.15) is 39.2 Å². The van der Waals surface area contributed by atoms with Crippen LogP contribution in [0.3, 0.4) is 0 Å². The van der Waals surface area contributed by atoms with Crippen LogP contribution in [0.4, 0.5) is 5.69 Å². The van der Waals surface area contributed by atoms with Crippen molar-refractivity contribution in [2.75, 3.05) is 26.2 Å². The molecule has 1 aliphatic heterocycles. The maximum absolute atomic E-state index is 13.1. The molecule has 0 radical (unpaired) electrons. The first kappa shape index (κ1) is 21.3. The number of hydrogen-bond donors (Lipinski definition) is 0. The molecule has 0 aromatic heterocycles. The van der Waals surface area contributed by atoms with Gasteiger partial charge in [0.05, 0.1) is 9.82 Å². The van der Waals surface area contributed by atoms with Gasteiger partial charge in [-0.15, -0.1) is 0 Å². The normalized spacial score (nSPS) is 16.3. The molecule has 0 saturated carbocycles. The van der Waals surface area contributed by atoms with Crippen molar-refractivity contribution in [2.45, 2.75) is 44.9 Å². The predicted molar refractivity (Wildman–Crippen MR) is 102 cm³/mol. The Labute approximate surface area is 160 Å². The second kappa shape index (κ2) is 8.79. The molecule has 2 rings (SSSR count). The molecule has 1 fully saturated rings. The molecule has 9 heteroatoms. The van der Waals surface area contributed by atoms with Crippen LogP contribution in [-0.2, 0) is 21.2 Å². The van der Waals surface area contributed by atoms with Crippen molar-refractivity contribution in [2.24, 2.45) is 5.92 Å². The molecule has 0 unspecified atom stereocenters. The van der Waals surface area contributed by atoms with Crippen molar-refractivity contribution in [1.29, 1.82) is 0 Å². The summed E-state index contributed by atoms with van der Waals surface area (Å²) in [5, 5.41) is 11.0. The van der Waals surface area contributed by atoms with E-state index in [0.717, 1.165) is 6.07 Å². The Balaban J connectivity index is 2.21. The number of piperidine rings is 1. The average Bonchev–Trinajstić information content (AvgIpc) is 2.68. The third kappa shape index (κ3) is 4.47. The van der Waals surface area contributed by atoms with Gasteiger partial charge in [0.25, 0.3) is 5.69 Å². The second-order valence-electron chi connectivity index (χ2n) is 6.59. The Kier molecular flexibility index (Phi) is 6.94. The van der Waals surface area contributed by atoms with Crippen LogP contribution in [0.15, 0.2) is 23.1 Å². The highest BCUT2D eigenvalue weighted by molar-refractivity contribution is 7.89. The molecule has 0 N–H and O–H groups in total. The standard InChI is InChI=1S/C18H27N3O5S/c1-4-14-7-8-16(21(23)24)13-17(14)27(25,26)20-11-9-15(10-12-20)18(22)19(5-2)6-3/h7-8,13,15H,4-6,9-12H2,1-3H3. The first-order valence-electron chi connectivity index (χ1n) is 9.32. The van der Waals surface area contributed by atoms with E-state index in [1.54, 1.807) is 4.90 Å². The molecule has 150 valence electrons. The lowest BCUT2D eigenvalue weighted by molar-refractivity contribution is -0.385. The molecule has 1 saturated heterocycles. The number of carbonyl (C=O) groups is 1. The number of nitro groups is 1. The Hall–Kier alpha value is -2.00. The fourth-order valence-corrected chi connectivity index (χ4v) is 5.25. The van der Waals surface area contributed by atoms with E-state index < -0.39 is 14.9 Å². The summed E-state index contributed by atoms with van der Waals surface area (Å²) in [6.45, 7) is 7.43. The topological polar surface area (TPSA) is 101 Å². The first-order chi connectivity index (χ1) is 12.8. The molecule has 1 aromatic carbocycles. The summed E-state index contributed by atoms with van der Waals surface area (Å²) in [6.07, 6.45) is 1.39. The maximum atomic E-state index is 13.1. The van der Waals surface area contributed by atoms with Crippen LogP contribution < -0.4 is 0 Å². The number of carbonyl (C=O) groups excluding carboxylic acids is 1. The van der Waals surface area contributed by atoms with Crippen molar-refractivity contribution >= 4 is 21.6 Å². The first-order valence-corrected chi connectivity index (χ1v) is 10.8. The minimum absolute atomic E-state index is 0.00674. The van der Waals surface area contributed by atoms with Crippen molar-refractivity contribution in [1.82, 2.24) is 9.21 Å². The zero-order chi connectivity index (χ0) is 20.2. The largest absolute Gasteiger partial charge is 0.343 e. The highest BCUT2D eigenvalue weighted by atomic mass is 32.2. The molecule has 1 heterocycles. The summed E-state index contributed by atoms with van der Waals surface area (Å²) < 4.78 is 27.5. The molecule has 1 amide bonds. The minimum atomic E-state index is -3.84. The van der Waals surface area contributed by atoms with E-state index in [-0.39, 0.29) is 35.5 Å². The van der Waals surface area contributed by atoms with Crippen LogP contribution in [0.25, 0.3) is 0 Å². The van der Waals surface area contributed by atoms with Gasteiger partial charge in [-0.1, -0.05) is 13.0 Å². The SMILES string of the molecule is CCc1ccc([N+](=O)[O-])cc1S(=O)(=O)N1CCC(C(=O)N(CC)CC)CC1. The summed E-state index contributed by atoms with van der Waals surface area (Å²) in [5.74, 6) is -0.103. The van der Waals surface area contributed by atoms with Crippen LogP contribution >= 0.6 is 0 Å². The smallest absolute Gasteiger partial charge is 0.270 e. The summed E-state index contributed by atoms with van der Waals surface area (Å²) in [5.41, 5.74) is 0.319. The third-order valence-electron chi connectivity index (χ3n) is 5.14. The van der Waals surface area contributed by atoms with Crippen molar-refractivity contribution in [3.63, 3.8) is 0 Å². The van der Waals surface area contributed by atoms with Gasteiger partial charge in [-0.3, -0.25) is 14.9 Å². The highest BCUT2D eigenvalue weighted by Gasteiger charge is 2.34. The summed E-state index contributed by atoms with van der Waals surface area (Å²) in [6, 6.07) is 3.97.